The van der Waals surface area contributed by atoms with Crippen LogP contribution in [0.4, 0.5) is 0 Å². The van der Waals surface area contributed by atoms with Crippen LogP contribution in [0.5, 0.6) is 0 Å². The molecule has 0 aromatic heterocycles. The fraction of sp³-hybridized carbons (Fsp3) is 0. The molecule has 72 valence electrons. The molecule has 0 rings (SSSR count). The molecule has 0 unspecified atom stereocenters. The number of rotatable bonds is 0. The summed E-state index contributed by atoms with van der Waals surface area (Å²) < 4.78 is 0. The van der Waals surface area contributed by atoms with Crippen molar-refractivity contribution >= 4 is 24.8 Å². The summed E-state index contributed by atoms with van der Waals surface area (Å²) >= 11 is 0. The first-order chi connectivity index (χ1) is 0. The first-order valence-electron chi connectivity index (χ1n) is 0. The third kappa shape index (κ3) is 468. The van der Waals surface area contributed by atoms with Crippen molar-refractivity contribution in [3.05, 3.63) is 0 Å². The fourth-order valence-electron chi connectivity index (χ4n) is 0. The zero-order valence-corrected chi connectivity index (χ0v) is 8.78. The van der Waals surface area contributed by atoms with Crippen molar-refractivity contribution in [3.8, 4) is 0 Å². The zero-order chi connectivity index (χ0) is 0. The van der Waals surface area contributed by atoms with Crippen LogP contribution >= 0.6 is 24.8 Å². The van der Waals surface area contributed by atoms with Crippen LogP contribution < -0.4 is 36.9 Å². The molecule has 0 saturated heterocycles. The summed E-state index contributed by atoms with van der Waals surface area (Å²) in [5.74, 6) is 0. The summed E-state index contributed by atoms with van der Waals surface area (Å²) in [5, 5.41) is 0. The van der Waals surface area contributed by atoms with E-state index in [1.165, 1.54) is 0 Å². The van der Waals surface area contributed by atoms with Crippen LogP contribution in [0.15, 0.2) is 0 Å². The van der Waals surface area contributed by atoms with Gasteiger partial charge in [-0.05, 0) is 0 Å². The van der Waals surface area contributed by atoms with Crippen LogP contribution in [0.3, 0.4) is 0 Å². The second kappa shape index (κ2) is 612. The molecule has 0 fully saturated rings. The number of hydrogen-bond acceptors (Lipinski definition) is 6. The van der Waals surface area contributed by atoms with Gasteiger partial charge in [0.05, 0.1) is 0 Å². The normalized spacial score (nSPS) is 0. The second-order valence-corrected chi connectivity index (χ2v) is 0. The Balaban J connectivity index is 0. The first kappa shape index (κ1) is 862. The van der Waals surface area contributed by atoms with Gasteiger partial charge in [0.25, 0.3) is 0 Å². The molecular weight excluding hydrogens is 256 g/mol. The summed E-state index contributed by atoms with van der Waals surface area (Å²) in [6.45, 7) is 0. The van der Waals surface area contributed by atoms with Crippen LogP contribution in [0.2, 0.25) is 0 Å². The Morgan fingerprint density at radius 2 is 0.333 bits per heavy atom. The Hall–Kier alpha value is 0.963. The van der Waals surface area contributed by atoms with Gasteiger partial charge in [0.2, 0.25) is 0 Å². The Kier molecular flexibility index (Phi) is 58700. The molecule has 9 heavy (non-hydrogen) atoms. The monoisotopic (exact) mass is 276 g/mol. The maximum Gasteiger partial charge on any atom is 0 e. The molecule has 0 radical (unpaired) electrons. The molecule has 0 aliphatic rings. The minimum Gasteiger partial charge on any atom is -0.344 e. The molecule has 18 N–H and O–H groups in total. The van der Waals surface area contributed by atoms with Crippen LogP contribution in [-0.2, 0) is 19.5 Å². The Morgan fingerprint density at radius 3 is 0.333 bits per heavy atom. The van der Waals surface area contributed by atoms with Crippen LogP contribution in [0.25, 0.3) is 0 Å². The summed E-state index contributed by atoms with van der Waals surface area (Å²) in [6, 6.07) is 0. The maximum absolute atomic E-state index is 0. The van der Waals surface area contributed by atoms with Gasteiger partial charge in [0.1, 0.15) is 0 Å². The van der Waals surface area contributed by atoms with E-state index in [9.17, 15) is 0 Å². The van der Waals surface area contributed by atoms with Gasteiger partial charge in [-0.2, -0.15) is 0 Å². The van der Waals surface area contributed by atoms with Crippen molar-refractivity contribution < 1.29 is 19.5 Å². The van der Waals surface area contributed by atoms with E-state index in [-0.39, 0.29) is 81.2 Å². The molecular formula is H20Cl2N6Ru. The van der Waals surface area contributed by atoms with Crippen molar-refractivity contribution in [2.45, 2.75) is 0 Å². The van der Waals surface area contributed by atoms with E-state index in [2.05, 4.69) is 0 Å². The summed E-state index contributed by atoms with van der Waals surface area (Å²) in [4.78, 5) is 0. The maximum atomic E-state index is 0. The van der Waals surface area contributed by atoms with Gasteiger partial charge in [-0.15, -0.1) is 24.8 Å². The van der Waals surface area contributed by atoms with Crippen molar-refractivity contribution in [1.82, 2.24) is 36.9 Å². The van der Waals surface area contributed by atoms with E-state index >= 15 is 0 Å². The van der Waals surface area contributed by atoms with Crippen molar-refractivity contribution in [2.24, 2.45) is 0 Å². The van der Waals surface area contributed by atoms with Crippen LogP contribution in [-0.4, -0.2) is 0 Å². The SMILES string of the molecule is Cl.Cl.N.N.N.N.N.N.[Ru]. The fourth-order valence-corrected chi connectivity index (χ4v) is 0. The Bertz CT molecular complexity index is 11.0. The van der Waals surface area contributed by atoms with Crippen molar-refractivity contribution in [3.63, 3.8) is 0 Å². The average molecular weight is 276 g/mol. The molecule has 0 saturated carbocycles. The molecule has 0 aromatic carbocycles. The minimum atomic E-state index is 0. The largest absolute Gasteiger partial charge is 0.344 e. The molecule has 6 nitrogen and oxygen atoms in total. The summed E-state index contributed by atoms with van der Waals surface area (Å²) in [7, 11) is 0. The Morgan fingerprint density at radius 1 is 0.333 bits per heavy atom. The van der Waals surface area contributed by atoms with E-state index in [0.29, 0.717) is 0 Å². The second-order valence-electron chi connectivity index (χ2n) is 0. The summed E-state index contributed by atoms with van der Waals surface area (Å²) in [6.07, 6.45) is 0. The number of halogens is 2. The van der Waals surface area contributed by atoms with Gasteiger partial charge < -0.3 is 36.9 Å². The Labute approximate surface area is 81.4 Å². The predicted molar refractivity (Wildman–Crippen MR) is 44.6 cm³/mol. The van der Waals surface area contributed by atoms with Crippen LogP contribution in [0.1, 0.15) is 0 Å². The first-order valence-corrected chi connectivity index (χ1v) is 0. The molecule has 0 amide bonds. The molecule has 0 bridgehead atoms. The molecule has 0 aliphatic carbocycles. The number of hydrogen-bond donors (Lipinski definition) is 6. The standard InChI is InChI=1S/2ClH.6H3N.Ru/h2*1H;6*1H3;. The molecule has 0 heterocycles. The van der Waals surface area contributed by atoms with E-state index in [1.807, 2.05) is 0 Å². The van der Waals surface area contributed by atoms with E-state index in [4.69, 9.17) is 0 Å². The third-order valence-corrected chi connectivity index (χ3v) is 0. The molecule has 0 spiro atoms. The van der Waals surface area contributed by atoms with Gasteiger partial charge in [-0.3, -0.25) is 0 Å². The molecule has 9 heteroatoms. The minimum absolute atomic E-state index is 0. The third-order valence-electron chi connectivity index (χ3n) is 0. The average Bonchev–Trinajstić information content (AvgIpc) is 0. The van der Waals surface area contributed by atoms with E-state index < -0.39 is 0 Å². The van der Waals surface area contributed by atoms with Gasteiger partial charge in [-0.1, -0.05) is 0 Å². The quantitative estimate of drug-likeness (QED) is 0.362. The molecule has 0 aliphatic heterocycles. The molecule has 0 atom stereocenters. The summed E-state index contributed by atoms with van der Waals surface area (Å²) in [5.41, 5.74) is 0. The van der Waals surface area contributed by atoms with Gasteiger partial charge in [0.15, 0.2) is 0 Å². The van der Waals surface area contributed by atoms with Crippen LogP contribution in [0, 0.1) is 0 Å². The van der Waals surface area contributed by atoms with Crippen molar-refractivity contribution in [1.29, 1.82) is 0 Å². The van der Waals surface area contributed by atoms with Gasteiger partial charge in [-0.25, -0.2) is 0 Å². The molecule has 0 aromatic rings. The topological polar surface area (TPSA) is 210 Å². The smallest absolute Gasteiger partial charge is 0 e. The zero-order valence-electron chi connectivity index (χ0n) is 5.41. The predicted octanol–water partition coefficient (Wildman–Crippen LogP) is 1.81. The van der Waals surface area contributed by atoms with Crippen molar-refractivity contribution in [2.75, 3.05) is 0 Å². The van der Waals surface area contributed by atoms with E-state index in [1.54, 1.807) is 0 Å². The van der Waals surface area contributed by atoms with E-state index in [0.717, 1.165) is 0 Å². The van der Waals surface area contributed by atoms with Gasteiger partial charge in [0, 0.05) is 19.5 Å². The van der Waals surface area contributed by atoms with Gasteiger partial charge >= 0.3 is 0 Å².